The van der Waals surface area contributed by atoms with Crippen molar-refractivity contribution in [3.63, 3.8) is 0 Å². The Kier molecular flexibility index (Phi) is 7.46. The molecular formula is C24H36N6O2. The molecule has 1 atom stereocenters. The zero-order valence-electron chi connectivity index (χ0n) is 20.1. The highest BCUT2D eigenvalue weighted by Crippen LogP contribution is 2.29. The molecular weight excluding hydrogens is 404 g/mol. The van der Waals surface area contributed by atoms with E-state index in [0.717, 1.165) is 35.1 Å². The predicted octanol–water partition coefficient (Wildman–Crippen LogP) is 3.61. The van der Waals surface area contributed by atoms with Crippen molar-refractivity contribution in [2.24, 2.45) is 0 Å². The number of rotatable bonds is 9. The highest BCUT2D eigenvalue weighted by molar-refractivity contribution is 5.80. The average molecular weight is 441 g/mol. The van der Waals surface area contributed by atoms with E-state index in [0.29, 0.717) is 25.1 Å². The molecule has 3 rings (SSSR count). The Morgan fingerprint density at radius 1 is 1.19 bits per heavy atom. The van der Waals surface area contributed by atoms with Crippen molar-refractivity contribution in [1.29, 1.82) is 0 Å². The molecule has 0 saturated carbocycles. The molecule has 0 aliphatic rings. The summed E-state index contributed by atoms with van der Waals surface area (Å²) in [5.74, 6) is 0.793. The molecule has 0 fully saturated rings. The lowest BCUT2D eigenvalue weighted by molar-refractivity contribution is 0.142. The number of aryl methyl sites for hydroxylation is 2. The second kappa shape index (κ2) is 9.92. The van der Waals surface area contributed by atoms with Gasteiger partial charge in [0.05, 0.1) is 11.6 Å². The molecule has 0 spiro atoms. The van der Waals surface area contributed by atoms with Crippen molar-refractivity contribution in [2.75, 3.05) is 13.2 Å². The van der Waals surface area contributed by atoms with Gasteiger partial charge in [-0.25, -0.2) is 4.68 Å². The van der Waals surface area contributed by atoms with Crippen LogP contribution in [-0.4, -0.2) is 48.3 Å². The van der Waals surface area contributed by atoms with Crippen LogP contribution < -0.4 is 5.56 Å². The molecule has 0 saturated heterocycles. The van der Waals surface area contributed by atoms with Crippen LogP contribution in [0.3, 0.4) is 0 Å². The number of benzene rings is 1. The van der Waals surface area contributed by atoms with Crippen molar-refractivity contribution < 1.29 is 5.11 Å². The molecule has 0 unspecified atom stereocenters. The van der Waals surface area contributed by atoms with E-state index < -0.39 is 0 Å². The van der Waals surface area contributed by atoms with Gasteiger partial charge in [0.25, 0.3) is 5.56 Å². The summed E-state index contributed by atoms with van der Waals surface area (Å²) in [7, 11) is 0. The van der Waals surface area contributed by atoms with Crippen LogP contribution in [0.2, 0.25) is 0 Å². The first kappa shape index (κ1) is 24.1. The summed E-state index contributed by atoms with van der Waals surface area (Å²) in [6.07, 6.45) is 2.41. The highest BCUT2D eigenvalue weighted by atomic mass is 16.3. The van der Waals surface area contributed by atoms with Crippen molar-refractivity contribution in [1.82, 2.24) is 30.1 Å². The third-order valence-corrected chi connectivity index (χ3v) is 5.94. The van der Waals surface area contributed by atoms with E-state index in [9.17, 15) is 9.90 Å². The number of aromatic amines is 1. The average Bonchev–Trinajstić information content (AvgIpc) is 3.21. The monoisotopic (exact) mass is 440 g/mol. The van der Waals surface area contributed by atoms with Gasteiger partial charge in [0.15, 0.2) is 5.82 Å². The number of nitrogens with one attached hydrogen (secondary N) is 1. The van der Waals surface area contributed by atoms with E-state index in [1.807, 2.05) is 23.7 Å². The van der Waals surface area contributed by atoms with Crippen LogP contribution >= 0.6 is 0 Å². The smallest absolute Gasteiger partial charge is 0.252 e. The summed E-state index contributed by atoms with van der Waals surface area (Å²) >= 11 is 0. The summed E-state index contributed by atoms with van der Waals surface area (Å²) < 4.78 is 1.87. The molecule has 1 aromatic carbocycles. The predicted molar refractivity (Wildman–Crippen MR) is 127 cm³/mol. The summed E-state index contributed by atoms with van der Waals surface area (Å²) in [6, 6.07) is 6.07. The van der Waals surface area contributed by atoms with Gasteiger partial charge in [-0.2, -0.15) is 0 Å². The zero-order valence-corrected chi connectivity index (χ0v) is 20.1. The van der Waals surface area contributed by atoms with Crippen molar-refractivity contribution in [3.05, 3.63) is 51.1 Å². The highest BCUT2D eigenvalue weighted by Gasteiger charge is 2.30. The summed E-state index contributed by atoms with van der Waals surface area (Å²) in [5, 5.41) is 23.1. The maximum absolute atomic E-state index is 13.0. The number of hydrogen-bond acceptors (Lipinski definition) is 6. The van der Waals surface area contributed by atoms with Crippen LogP contribution in [-0.2, 0) is 12.1 Å². The van der Waals surface area contributed by atoms with Gasteiger partial charge in [0.2, 0.25) is 0 Å². The number of pyridine rings is 1. The number of nitrogens with zero attached hydrogens (tertiary/aromatic N) is 5. The van der Waals surface area contributed by atoms with E-state index in [1.54, 1.807) is 0 Å². The lowest BCUT2D eigenvalue weighted by Crippen LogP contribution is -2.36. The van der Waals surface area contributed by atoms with Crippen LogP contribution in [0.5, 0.6) is 0 Å². The van der Waals surface area contributed by atoms with Crippen LogP contribution in [0, 0.1) is 13.8 Å². The number of aliphatic hydroxyl groups excluding tert-OH is 1. The fraction of sp³-hybridized carbons (Fsp3) is 0.583. The minimum atomic E-state index is -0.261. The summed E-state index contributed by atoms with van der Waals surface area (Å²) in [6.45, 7) is 13.7. The molecule has 3 aromatic rings. The summed E-state index contributed by atoms with van der Waals surface area (Å²) in [4.78, 5) is 18.2. The minimum Gasteiger partial charge on any atom is -0.396 e. The van der Waals surface area contributed by atoms with E-state index >= 15 is 0 Å². The summed E-state index contributed by atoms with van der Waals surface area (Å²) in [5.41, 5.74) is 3.56. The Balaban J connectivity index is 2.03. The SMILES string of the molecule is CCC[C@H](c1nnnn1C(C)(C)C)N(CCCO)Cc1cc2cc(C)c(C)cc2[nH]c1=O. The molecule has 2 aromatic heterocycles. The molecule has 8 heteroatoms. The Hall–Kier alpha value is -2.58. The molecule has 0 bridgehead atoms. The second-order valence-electron chi connectivity index (χ2n) is 9.62. The van der Waals surface area contributed by atoms with Gasteiger partial charge in [0, 0.05) is 30.8 Å². The van der Waals surface area contributed by atoms with Crippen molar-refractivity contribution >= 4 is 10.9 Å². The second-order valence-corrected chi connectivity index (χ2v) is 9.62. The van der Waals surface area contributed by atoms with E-state index in [-0.39, 0.29) is 23.7 Å². The van der Waals surface area contributed by atoms with E-state index in [1.165, 1.54) is 5.56 Å². The Labute approximate surface area is 189 Å². The molecule has 0 aliphatic heterocycles. The van der Waals surface area contributed by atoms with Crippen LogP contribution in [0.25, 0.3) is 10.9 Å². The van der Waals surface area contributed by atoms with Gasteiger partial charge in [-0.3, -0.25) is 9.69 Å². The van der Waals surface area contributed by atoms with Crippen LogP contribution in [0.1, 0.15) is 75.5 Å². The molecule has 2 N–H and O–H groups in total. The fourth-order valence-electron chi connectivity index (χ4n) is 4.11. The lowest BCUT2D eigenvalue weighted by Gasteiger charge is -2.32. The largest absolute Gasteiger partial charge is 0.396 e. The van der Waals surface area contributed by atoms with E-state index in [4.69, 9.17) is 0 Å². The van der Waals surface area contributed by atoms with Crippen LogP contribution in [0.4, 0.5) is 0 Å². The number of H-pyrrole nitrogens is 1. The quantitative estimate of drug-likeness (QED) is 0.527. The van der Waals surface area contributed by atoms with Gasteiger partial charge in [-0.05, 0) is 92.6 Å². The molecule has 2 heterocycles. The molecule has 174 valence electrons. The Morgan fingerprint density at radius 3 is 2.56 bits per heavy atom. The van der Waals surface area contributed by atoms with Gasteiger partial charge < -0.3 is 10.1 Å². The Morgan fingerprint density at radius 2 is 1.91 bits per heavy atom. The zero-order chi connectivity index (χ0) is 23.5. The topological polar surface area (TPSA) is 99.9 Å². The van der Waals surface area contributed by atoms with Crippen LogP contribution in [0.15, 0.2) is 23.0 Å². The minimum absolute atomic E-state index is 0.0596. The number of tetrazole rings is 1. The number of hydrogen-bond donors (Lipinski definition) is 2. The first-order valence-corrected chi connectivity index (χ1v) is 11.4. The number of aliphatic hydroxyl groups is 1. The maximum Gasteiger partial charge on any atom is 0.252 e. The molecule has 32 heavy (non-hydrogen) atoms. The molecule has 0 radical (unpaired) electrons. The molecule has 8 nitrogen and oxygen atoms in total. The van der Waals surface area contributed by atoms with E-state index in [2.05, 4.69) is 66.1 Å². The number of fused-ring (bicyclic) bond motifs is 1. The van der Waals surface area contributed by atoms with Gasteiger partial charge >= 0.3 is 0 Å². The molecule has 0 aliphatic carbocycles. The lowest BCUT2D eigenvalue weighted by atomic mass is 10.0. The number of aromatic nitrogens is 5. The molecule has 0 amide bonds. The standard InChI is InChI=1S/C24H36N6O2/c1-7-9-21(22-26-27-28-30(22)24(4,5)6)29(10-8-11-31)15-19-14-18-12-16(2)17(3)13-20(18)25-23(19)32/h12-14,21,31H,7-11,15H2,1-6H3,(H,25,32)/t21-/m1/s1. The first-order chi connectivity index (χ1) is 15.2. The maximum atomic E-state index is 13.0. The third-order valence-electron chi connectivity index (χ3n) is 5.94. The normalized spacial score (nSPS) is 13.2. The van der Waals surface area contributed by atoms with Gasteiger partial charge in [0.1, 0.15) is 0 Å². The van der Waals surface area contributed by atoms with Gasteiger partial charge in [-0.1, -0.05) is 13.3 Å². The first-order valence-electron chi connectivity index (χ1n) is 11.4. The van der Waals surface area contributed by atoms with Crippen molar-refractivity contribution in [2.45, 2.75) is 78.9 Å². The Bertz CT molecular complexity index is 1110. The van der Waals surface area contributed by atoms with Crippen molar-refractivity contribution in [3.8, 4) is 0 Å². The fourth-order valence-corrected chi connectivity index (χ4v) is 4.11. The third kappa shape index (κ3) is 5.24. The van der Waals surface area contributed by atoms with Gasteiger partial charge in [-0.15, -0.1) is 5.10 Å².